The van der Waals surface area contributed by atoms with Crippen molar-refractivity contribution in [3.8, 4) is 5.75 Å². The van der Waals surface area contributed by atoms with Gasteiger partial charge < -0.3 is 19.5 Å². The Labute approximate surface area is 193 Å². The van der Waals surface area contributed by atoms with Crippen molar-refractivity contribution in [1.29, 1.82) is 0 Å². The summed E-state index contributed by atoms with van der Waals surface area (Å²) in [6.07, 6.45) is 1.45. The first-order chi connectivity index (χ1) is 15.4. The Bertz CT molecular complexity index is 1020. The molecule has 0 aliphatic carbocycles. The van der Waals surface area contributed by atoms with Crippen LogP contribution >= 0.6 is 11.6 Å². The van der Waals surface area contributed by atoms with E-state index < -0.39 is 17.7 Å². The summed E-state index contributed by atoms with van der Waals surface area (Å²) >= 11 is 6.29. The smallest absolute Gasteiger partial charge is 0.295 e. The number of likely N-dealkylation sites (tertiary alicyclic amines) is 1. The molecule has 1 saturated heterocycles. The minimum Gasteiger partial charge on any atom is -0.507 e. The molecule has 7 heteroatoms. The number of ether oxygens (including phenoxy) is 2. The fourth-order valence-electron chi connectivity index (χ4n) is 3.85. The number of nitrogens with zero attached hydrogens (tertiary/aromatic N) is 1. The average molecular weight is 458 g/mol. The van der Waals surface area contributed by atoms with Crippen molar-refractivity contribution in [2.75, 3.05) is 26.9 Å². The van der Waals surface area contributed by atoms with Crippen LogP contribution < -0.4 is 4.74 Å². The van der Waals surface area contributed by atoms with E-state index in [0.717, 1.165) is 17.5 Å². The molecular weight excluding hydrogens is 430 g/mol. The van der Waals surface area contributed by atoms with Crippen LogP contribution in [-0.4, -0.2) is 48.6 Å². The van der Waals surface area contributed by atoms with Crippen molar-refractivity contribution in [3.05, 3.63) is 69.8 Å². The zero-order chi connectivity index (χ0) is 23.3. The van der Waals surface area contributed by atoms with Crippen LogP contribution in [0.15, 0.2) is 48.0 Å². The van der Waals surface area contributed by atoms with Crippen LogP contribution in [0.4, 0.5) is 0 Å². The molecule has 170 valence electrons. The van der Waals surface area contributed by atoms with Crippen molar-refractivity contribution in [3.63, 3.8) is 0 Å². The lowest BCUT2D eigenvalue weighted by atomic mass is 9.94. The molecule has 3 rings (SSSR count). The maximum atomic E-state index is 13.0. The first-order valence-corrected chi connectivity index (χ1v) is 11.1. The molecule has 1 aliphatic rings. The quantitative estimate of drug-likeness (QED) is 0.254. The van der Waals surface area contributed by atoms with Gasteiger partial charge in [0.1, 0.15) is 11.5 Å². The van der Waals surface area contributed by atoms with Crippen molar-refractivity contribution < 1.29 is 24.2 Å². The van der Waals surface area contributed by atoms with Gasteiger partial charge in [-0.3, -0.25) is 9.59 Å². The van der Waals surface area contributed by atoms with Gasteiger partial charge in [-0.15, -0.1) is 0 Å². The van der Waals surface area contributed by atoms with Gasteiger partial charge in [-0.1, -0.05) is 42.8 Å². The lowest BCUT2D eigenvalue weighted by Gasteiger charge is -2.25. The maximum absolute atomic E-state index is 13.0. The lowest BCUT2D eigenvalue weighted by Crippen LogP contribution is -2.31. The van der Waals surface area contributed by atoms with Crippen LogP contribution in [0.5, 0.6) is 5.75 Å². The molecule has 0 spiro atoms. The van der Waals surface area contributed by atoms with Gasteiger partial charge >= 0.3 is 0 Å². The van der Waals surface area contributed by atoms with Crippen LogP contribution in [0.25, 0.3) is 5.76 Å². The summed E-state index contributed by atoms with van der Waals surface area (Å²) in [7, 11) is 1.59. The number of hydrogen-bond donors (Lipinski definition) is 1. The van der Waals surface area contributed by atoms with Gasteiger partial charge in [0.05, 0.1) is 23.2 Å². The molecule has 2 aromatic carbocycles. The Balaban J connectivity index is 2.10. The van der Waals surface area contributed by atoms with Crippen LogP contribution in [0.3, 0.4) is 0 Å². The molecule has 1 heterocycles. The van der Waals surface area contributed by atoms with Crippen molar-refractivity contribution in [1.82, 2.24) is 4.90 Å². The largest absolute Gasteiger partial charge is 0.507 e. The fourth-order valence-corrected chi connectivity index (χ4v) is 4.08. The van der Waals surface area contributed by atoms with E-state index in [2.05, 4.69) is 6.92 Å². The van der Waals surface area contributed by atoms with E-state index in [9.17, 15) is 14.7 Å². The number of benzene rings is 2. The summed E-state index contributed by atoms with van der Waals surface area (Å²) in [6, 6.07) is 11.9. The average Bonchev–Trinajstić information content (AvgIpc) is 3.05. The van der Waals surface area contributed by atoms with Gasteiger partial charge in [0, 0.05) is 25.8 Å². The van der Waals surface area contributed by atoms with E-state index in [1.807, 2.05) is 31.2 Å². The topological polar surface area (TPSA) is 76.1 Å². The summed E-state index contributed by atoms with van der Waals surface area (Å²) < 4.78 is 10.6. The predicted octanol–water partition coefficient (Wildman–Crippen LogP) is 4.76. The van der Waals surface area contributed by atoms with Crippen molar-refractivity contribution in [2.45, 2.75) is 32.7 Å². The Morgan fingerprint density at radius 3 is 2.44 bits per heavy atom. The van der Waals surface area contributed by atoms with E-state index in [4.69, 9.17) is 21.1 Å². The van der Waals surface area contributed by atoms with Gasteiger partial charge in [0.25, 0.3) is 11.7 Å². The second-order valence-corrected chi connectivity index (χ2v) is 7.92. The number of rotatable bonds is 9. The molecule has 32 heavy (non-hydrogen) atoms. The van der Waals surface area contributed by atoms with Gasteiger partial charge in [-0.05, 0) is 49.1 Å². The number of methoxy groups -OCH3 is 1. The first-order valence-electron chi connectivity index (χ1n) is 10.7. The third-order valence-electron chi connectivity index (χ3n) is 5.50. The molecule has 0 saturated carbocycles. The first kappa shape index (κ1) is 23.8. The standard InChI is InChI=1S/C25H28ClNO5/c1-4-16-7-9-17(10-8-16)22-21(24(29)25(30)27(22)13-6-14-31-3)23(28)18-11-12-20(32-5-2)19(26)15-18/h7-12,15,22,28H,4-6,13-14H2,1-3H3. The summed E-state index contributed by atoms with van der Waals surface area (Å²) in [5, 5.41) is 11.4. The number of Topliss-reactive ketones (excluding diaryl/α,β-unsaturated/α-hetero) is 1. The van der Waals surface area contributed by atoms with E-state index in [1.54, 1.807) is 19.2 Å². The van der Waals surface area contributed by atoms with Crippen LogP contribution in [0, 0.1) is 0 Å². The second-order valence-electron chi connectivity index (χ2n) is 7.51. The summed E-state index contributed by atoms with van der Waals surface area (Å²) in [4.78, 5) is 27.4. The Kier molecular flexibility index (Phi) is 7.94. The van der Waals surface area contributed by atoms with Crippen molar-refractivity contribution in [2.24, 2.45) is 0 Å². The van der Waals surface area contributed by atoms with Crippen LogP contribution in [0.1, 0.15) is 43.0 Å². The monoisotopic (exact) mass is 457 g/mol. The highest BCUT2D eigenvalue weighted by molar-refractivity contribution is 6.46. The summed E-state index contributed by atoms with van der Waals surface area (Å²) in [5.74, 6) is -1.12. The molecule has 6 nitrogen and oxygen atoms in total. The van der Waals surface area contributed by atoms with E-state index in [0.29, 0.717) is 42.5 Å². The zero-order valence-electron chi connectivity index (χ0n) is 18.6. The molecule has 2 aromatic rings. The number of halogens is 1. The van der Waals surface area contributed by atoms with E-state index >= 15 is 0 Å². The molecule has 0 aromatic heterocycles. The molecule has 1 unspecified atom stereocenters. The number of aliphatic hydroxyl groups excluding tert-OH is 1. The highest BCUT2D eigenvalue weighted by Gasteiger charge is 2.45. The molecule has 1 aliphatic heterocycles. The maximum Gasteiger partial charge on any atom is 0.295 e. The number of carbonyl (C=O) groups excluding carboxylic acids is 2. The van der Waals surface area contributed by atoms with Crippen molar-refractivity contribution >= 4 is 29.1 Å². The number of aryl methyl sites for hydroxylation is 1. The van der Waals surface area contributed by atoms with Crippen LogP contribution in [-0.2, 0) is 20.7 Å². The highest BCUT2D eigenvalue weighted by atomic mass is 35.5. The predicted molar refractivity (Wildman–Crippen MR) is 124 cm³/mol. The second kappa shape index (κ2) is 10.7. The SMILES string of the molecule is CCOc1ccc(C(O)=C2C(=O)C(=O)N(CCCOC)C2c2ccc(CC)cc2)cc1Cl. The number of ketones is 1. The summed E-state index contributed by atoms with van der Waals surface area (Å²) in [6.45, 7) is 5.14. The number of amides is 1. The third kappa shape index (κ3) is 4.81. The number of carbonyl (C=O) groups is 2. The molecule has 1 N–H and O–H groups in total. The Morgan fingerprint density at radius 2 is 1.84 bits per heavy atom. The fraction of sp³-hybridized carbons (Fsp3) is 0.360. The van der Waals surface area contributed by atoms with E-state index in [1.165, 1.54) is 11.0 Å². The minimum absolute atomic E-state index is 0.0527. The summed E-state index contributed by atoms with van der Waals surface area (Å²) in [5.41, 5.74) is 2.31. The Morgan fingerprint density at radius 1 is 1.12 bits per heavy atom. The zero-order valence-corrected chi connectivity index (χ0v) is 19.3. The number of hydrogen-bond acceptors (Lipinski definition) is 5. The minimum atomic E-state index is -0.713. The van der Waals surface area contributed by atoms with Gasteiger partial charge in [0.15, 0.2) is 0 Å². The van der Waals surface area contributed by atoms with Gasteiger partial charge in [0.2, 0.25) is 0 Å². The molecule has 1 fully saturated rings. The molecule has 0 radical (unpaired) electrons. The van der Waals surface area contributed by atoms with E-state index in [-0.39, 0.29) is 11.3 Å². The van der Waals surface area contributed by atoms with Gasteiger partial charge in [-0.2, -0.15) is 0 Å². The Hall–Kier alpha value is -2.83. The normalized spacial score (nSPS) is 17.8. The van der Waals surface area contributed by atoms with Gasteiger partial charge in [-0.25, -0.2) is 0 Å². The highest BCUT2D eigenvalue weighted by Crippen LogP contribution is 2.40. The molecule has 0 bridgehead atoms. The van der Waals surface area contributed by atoms with Crippen LogP contribution in [0.2, 0.25) is 5.02 Å². The third-order valence-corrected chi connectivity index (χ3v) is 5.79. The molecular formula is C25H28ClNO5. The lowest BCUT2D eigenvalue weighted by molar-refractivity contribution is -0.140. The molecule has 1 atom stereocenters. The molecule has 1 amide bonds. The number of aliphatic hydroxyl groups is 1.